The number of aliphatic carboxylic acids is 1. The van der Waals surface area contributed by atoms with Crippen molar-refractivity contribution in [3.8, 4) is 0 Å². The largest absolute Gasteiger partial charge is 0.479 e. The van der Waals surface area contributed by atoms with Crippen LogP contribution in [-0.2, 0) is 14.4 Å². The van der Waals surface area contributed by atoms with Gasteiger partial charge in [-0.2, -0.15) is 0 Å². The molecule has 0 spiro atoms. The highest BCUT2D eigenvalue weighted by Gasteiger charge is 2.22. The molecule has 1 atom stereocenters. The van der Waals surface area contributed by atoms with Crippen LogP contribution in [-0.4, -0.2) is 41.3 Å². The molecule has 1 rings (SSSR count). The van der Waals surface area contributed by atoms with Gasteiger partial charge in [-0.3, -0.25) is 14.9 Å². The smallest absolute Gasteiger partial charge is 0.332 e. The van der Waals surface area contributed by atoms with Gasteiger partial charge in [-0.1, -0.05) is 0 Å². The molecule has 1 saturated heterocycles. The van der Waals surface area contributed by atoms with Gasteiger partial charge in [0, 0.05) is 11.6 Å². The van der Waals surface area contributed by atoms with Crippen molar-refractivity contribution < 1.29 is 19.5 Å². The fourth-order valence-corrected chi connectivity index (χ4v) is 1.75. The van der Waals surface area contributed by atoms with Crippen LogP contribution in [0.3, 0.4) is 0 Å². The minimum Gasteiger partial charge on any atom is -0.479 e. The third-order valence-corrected chi connectivity index (χ3v) is 2.34. The zero-order chi connectivity index (χ0) is 9.68. The second kappa shape index (κ2) is 5.05. The zero-order valence-electron chi connectivity index (χ0n) is 6.78. The fourth-order valence-electron chi connectivity index (χ4n) is 0.804. The van der Waals surface area contributed by atoms with E-state index in [0.29, 0.717) is 5.75 Å². The maximum atomic E-state index is 11.1. The molecule has 1 heterocycles. The van der Waals surface area contributed by atoms with Gasteiger partial charge in [-0.05, 0) is 0 Å². The summed E-state index contributed by atoms with van der Waals surface area (Å²) >= 11 is 1.61. The monoisotopic (exact) mass is 206 g/mol. The van der Waals surface area contributed by atoms with Gasteiger partial charge in [0.15, 0.2) is 6.61 Å². The molecule has 1 fully saturated rings. The second-order valence-corrected chi connectivity index (χ2v) is 3.45. The van der Waals surface area contributed by atoms with Crippen LogP contribution in [0.25, 0.3) is 0 Å². The van der Waals surface area contributed by atoms with E-state index in [9.17, 15) is 9.59 Å². The number of hydroxylamine groups is 1. The Hall–Kier alpha value is -0.790. The van der Waals surface area contributed by atoms with Crippen LogP contribution < -0.4 is 10.8 Å². The Kier molecular flexibility index (Phi) is 4.00. The molecule has 6 nitrogen and oxygen atoms in total. The maximum absolute atomic E-state index is 11.1. The third-order valence-electron chi connectivity index (χ3n) is 1.40. The van der Waals surface area contributed by atoms with E-state index in [-0.39, 0.29) is 11.9 Å². The van der Waals surface area contributed by atoms with Gasteiger partial charge in [0.1, 0.15) is 0 Å². The molecule has 13 heavy (non-hydrogen) atoms. The fraction of sp³-hybridized carbons (Fsp3) is 0.667. The first-order valence-electron chi connectivity index (χ1n) is 3.64. The van der Waals surface area contributed by atoms with Gasteiger partial charge < -0.3 is 5.11 Å². The van der Waals surface area contributed by atoms with Gasteiger partial charge >= 0.3 is 5.97 Å². The predicted molar refractivity (Wildman–Crippen MR) is 46.0 cm³/mol. The van der Waals surface area contributed by atoms with Crippen molar-refractivity contribution in [2.45, 2.75) is 6.04 Å². The van der Waals surface area contributed by atoms with Crippen LogP contribution in [0.1, 0.15) is 0 Å². The molecular formula is C6H10N2O4S. The van der Waals surface area contributed by atoms with Gasteiger partial charge in [-0.25, -0.2) is 10.3 Å². The van der Waals surface area contributed by atoms with Crippen molar-refractivity contribution in [3.05, 3.63) is 0 Å². The molecule has 1 aliphatic rings. The molecule has 0 aromatic rings. The minimum atomic E-state index is -1.12. The van der Waals surface area contributed by atoms with E-state index >= 15 is 0 Å². The number of rotatable bonds is 4. The first-order valence-corrected chi connectivity index (χ1v) is 4.80. The van der Waals surface area contributed by atoms with Crippen LogP contribution in [0.5, 0.6) is 0 Å². The summed E-state index contributed by atoms with van der Waals surface area (Å²) in [5.74, 6) is -0.0282. The lowest BCUT2D eigenvalue weighted by molar-refractivity contribution is -0.149. The Morgan fingerprint density at radius 3 is 3.00 bits per heavy atom. The number of carboxylic acids is 1. The Bertz CT molecular complexity index is 205. The summed E-state index contributed by atoms with van der Waals surface area (Å²) in [4.78, 5) is 25.5. The summed E-state index contributed by atoms with van der Waals surface area (Å²) in [7, 11) is 0. The number of carbonyl (C=O) groups excluding carboxylic acids is 1. The molecule has 74 valence electrons. The molecule has 1 aliphatic heterocycles. The van der Waals surface area contributed by atoms with Crippen LogP contribution >= 0.6 is 11.8 Å². The highest BCUT2D eigenvalue weighted by molar-refractivity contribution is 7.99. The van der Waals surface area contributed by atoms with Crippen LogP contribution in [0, 0.1) is 0 Å². The van der Waals surface area contributed by atoms with E-state index in [0.717, 1.165) is 5.88 Å². The third kappa shape index (κ3) is 3.62. The van der Waals surface area contributed by atoms with E-state index in [2.05, 4.69) is 15.6 Å². The summed E-state index contributed by atoms with van der Waals surface area (Å²) in [5, 5.41) is 11.1. The normalized spacial score (nSPS) is 21.4. The molecule has 0 aromatic carbocycles. The standard InChI is InChI=1S/C6H10N2O4S/c9-5(10)1-12-8-6(11)4-2-13-3-7-4/h4,7H,1-3H2,(H,8,11)(H,9,10). The van der Waals surface area contributed by atoms with Crippen molar-refractivity contribution in [2.75, 3.05) is 18.2 Å². The Labute approximate surface area is 79.0 Å². The van der Waals surface area contributed by atoms with Crippen molar-refractivity contribution in [1.82, 2.24) is 10.8 Å². The Morgan fingerprint density at radius 2 is 2.46 bits per heavy atom. The quantitative estimate of drug-likeness (QED) is 0.500. The number of carboxylic acid groups (broad SMARTS) is 1. The predicted octanol–water partition coefficient (Wildman–Crippen LogP) is -1.22. The number of carbonyl (C=O) groups is 2. The van der Waals surface area contributed by atoms with Gasteiger partial charge in [-0.15, -0.1) is 11.8 Å². The van der Waals surface area contributed by atoms with E-state index < -0.39 is 12.6 Å². The first-order chi connectivity index (χ1) is 6.20. The summed E-state index contributed by atoms with van der Waals surface area (Å²) in [6.07, 6.45) is 0. The van der Waals surface area contributed by atoms with Crippen molar-refractivity contribution in [1.29, 1.82) is 0 Å². The Morgan fingerprint density at radius 1 is 1.69 bits per heavy atom. The highest BCUT2D eigenvalue weighted by Crippen LogP contribution is 2.08. The molecule has 7 heteroatoms. The van der Waals surface area contributed by atoms with Crippen molar-refractivity contribution in [2.24, 2.45) is 0 Å². The van der Waals surface area contributed by atoms with Crippen LogP contribution in [0.2, 0.25) is 0 Å². The highest BCUT2D eigenvalue weighted by atomic mass is 32.2. The van der Waals surface area contributed by atoms with Crippen LogP contribution in [0.15, 0.2) is 0 Å². The molecular weight excluding hydrogens is 196 g/mol. The number of thioether (sulfide) groups is 1. The molecule has 0 saturated carbocycles. The molecule has 1 unspecified atom stereocenters. The number of hydrogen-bond acceptors (Lipinski definition) is 5. The van der Waals surface area contributed by atoms with Gasteiger partial charge in [0.05, 0.1) is 6.04 Å². The number of nitrogens with one attached hydrogen (secondary N) is 2. The second-order valence-electron chi connectivity index (χ2n) is 2.42. The number of hydrogen-bond donors (Lipinski definition) is 3. The Balaban J connectivity index is 2.13. The summed E-state index contributed by atoms with van der Waals surface area (Å²) in [6, 6.07) is -0.279. The molecule has 0 bridgehead atoms. The van der Waals surface area contributed by atoms with Crippen LogP contribution in [0.4, 0.5) is 0 Å². The first kappa shape index (κ1) is 10.3. The maximum Gasteiger partial charge on any atom is 0.332 e. The molecule has 0 radical (unpaired) electrons. The van der Waals surface area contributed by atoms with Crippen molar-refractivity contribution >= 4 is 23.6 Å². The zero-order valence-corrected chi connectivity index (χ0v) is 7.60. The van der Waals surface area contributed by atoms with E-state index in [1.54, 1.807) is 11.8 Å². The minimum absolute atomic E-state index is 0.279. The molecule has 1 amide bonds. The summed E-state index contributed by atoms with van der Waals surface area (Å²) in [5.41, 5.74) is 2.06. The lowest BCUT2D eigenvalue weighted by Crippen LogP contribution is -2.42. The van der Waals surface area contributed by atoms with Gasteiger partial charge in [0.25, 0.3) is 5.91 Å². The van der Waals surface area contributed by atoms with E-state index in [1.807, 2.05) is 0 Å². The molecule has 0 aliphatic carbocycles. The SMILES string of the molecule is O=C(O)CONC(=O)C1CSCN1. The topological polar surface area (TPSA) is 87.7 Å². The van der Waals surface area contributed by atoms with Crippen molar-refractivity contribution in [3.63, 3.8) is 0 Å². The average molecular weight is 206 g/mol. The molecule has 0 aromatic heterocycles. The summed E-state index contributed by atoms with van der Waals surface area (Å²) < 4.78 is 0. The van der Waals surface area contributed by atoms with Gasteiger partial charge in [0.2, 0.25) is 0 Å². The molecule has 3 N–H and O–H groups in total. The summed E-state index contributed by atoms with van der Waals surface area (Å²) in [6.45, 7) is -0.522. The van der Waals surface area contributed by atoms with E-state index in [1.165, 1.54) is 0 Å². The number of amides is 1. The van der Waals surface area contributed by atoms with E-state index in [4.69, 9.17) is 5.11 Å². The lowest BCUT2D eigenvalue weighted by Gasteiger charge is -2.08. The lowest BCUT2D eigenvalue weighted by atomic mass is 10.3. The average Bonchev–Trinajstić information content (AvgIpc) is 2.55.